The molecule has 0 rings (SSSR count). The van der Waals surface area contributed by atoms with Gasteiger partial charge >= 0.3 is 0 Å². The van der Waals surface area contributed by atoms with Crippen LogP contribution in [0.15, 0.2) is 0 Å². The molecular formula is C8H17ClS. The van der Waals surface area contributed by atoms with Gasteiger partial charge in [0, 0.05) is 11.1 Å². The van der Waals surface area contributed by atoms with E-state index in [0.717, 1.165) is 11.1 Å². The summed E-state index contributed by atoms with van der Waals surface area (Å²) in [6.07, 6.45) is 1.26. The molecule has 10 heavy (non-hydrogen) atoms. The van der Waals surface area contributed by atoms with Crippen molar-refractivity contribution in [2.24, 2.45) is 5.92 Å². The molecule has 0 fully saturated rings. The highest BCUT2D eigenvalue weighted by Gasteiger charge is 2.03. The number of alkyl halides is 1. The highest BCUT2D eigenvalue weighted by atomic mass is 35.5. The molecular weight excluding hydrogens is 164 g/mol. The van der Waals surface area contributed by atoms with E-state index in [9.17, 15) is 0 Å². The average molecular weight is 181 g/mol. The number of halogens is 1. The highest BCUT2D eigenvalue weighted by Crippen LogP contribution is 2.17. The summed E-state index contributed by atoms with van der Waals surface area (Å²) in [7, 11) is 0. The van der Waals surface area contributed by atoms with Crippen molar-refractivity contribution in [3.8, 4) is 0 Å². The monoisotopic (exact) mass is 180 g/mol. The maximum absolute atomic E-state index is 5.67. The topological polar surface area (TPSA) is 0 Å². The molecule has 2 atom stereocenters. The molecule has 0 heterocycles. The molecule has 0 nitrogen and oxygen atoms in total. The van der Waals surface area contributed by atoms with Gasteiger partial charge in [-0.25, -0.2) is 0 Å². The van der Waals surface area contributed by atoms with Gasteiger partial charge in [0.2, 0.25) is 0 Å². The van der Waals surface area contributed by atoms with Gasteiger partial charge in [0.25, 0.3) is 0 Å². The Hall–Kier alpha value is 0.640. The van der Waals surface area contributed by atoms with E-state index in [4.69, 9.17) is 11.6 Å². The van der Waals surface area contributed by atoms with Crippen LogP contribution in [-0.4, -0.2) is 16.9 Å². The molecule has 0 N–H and O–H groups in total. The molecule has 0 aliphatic rings. The molecule has 0 aromatic carbocycles. The van der Waals surface area contributed by atoms with Crippen LogP contribution in [0.3, 0.4) is 0 Å². The quantitative estimate of drug-likeness (QED) is 0.585. The lowest BCUT2D eigenvalue weighted by Crippen LogP contribution is -2.03. The van der Waals surface area contributed by atoms with Crippen LogP contribution in [0.5, 0.6) is 0 Å². The van der Waals surface area contributed by atoms with Gasteiger partial charge in [-0.1, -0.05) is 20.8 Å². The fourth-order valence-corrected chi connectivity index (χ4v) is 1.74. The van der Waals surface area contributed by atoms with Crippen LogP contribution in [0.4, 0.5) is 0 Å². The Morgan fingerprint density at radius 1 is 1.40 bits per heavy atom. The molecule has 0 amide bonds. The maximum Gasteiger partial charge on any atom is 0.0257 e. The van der Waals surface area contributed by atoms with E-state index in [1.807, 2.05) is 11.8 Å². The molecule has 0 aliphatic heterocycles. The van der Waals surface area contributed by atoms with Crippen molar-refractivity contribution in [1.29, 1.82) is 0 Å². The first-order valence-corrected chi connectivity index (χ1v) is 5.46. The van der Waals surface area contributed by atoms with Crippen LogP contribution in [0.2, 0.25) is 0 Å². The highest BCUT2D eigenvalue weighted by molar-refractivity contribution is 7.99. The van der Waals surface area contributed by atoms with Gasteiger partial charge in [-0.15, -0.1) is 11.6 Å². The van der Waals surface area contributed by atoms with E-state index in [1.54, 1.807) is 0 Å². The second-order valence-corrected chi connectivity index (χ2v) is 4.59. The lowest BCUT2D eigenvalue weighted by atomic mass is 10.3. The molecule has 0 saturated carbocycles. The molecule has 2 unspecified atom stereocenters. The molecule has 62 valence electrons. The lowest BCUT2D eigenvalue weighted by Gasteiger charge is -2.10. The summed E-state index contributed by atoms with van der Waals surface area (Å²) in [5.74, 6) is 2.67. The summed E-state index contributed by atoms with van der Waals surface area (Å²) in [6, 6.07) is 0. The Bertz CT molecular complexity index is 65.7. The van der Waals surface area contributed by atoms with Crippen LogP contribution < -0.4 is 0 Å². The number of hydrogen-bond acceptors (Lipinski definition) is 1. The summed E-state index contributed by atoms with van der Waals surface area (Å²) in [4.78, 5) is 0. The first-order chi connectivity index (χ1) is 4.70. The number of thioether (sulfide) groups is 1. The first-order valence-electron chi connectivity index (χ1n) is 3.88. The molecule has 0 aromatic heterocycles. The molecule has 0 saturated heterocycles. The molecule has 0 aliphatic carbocycles. The minimum absolute atomic E-state index is 0.667. The van der Waals surface area contributed by atoms with E-state index < -0.39 is 0 Å². The second-order valence-electron chi connectivity index (χ2n) is 2.81. The van der Waals surface area contributed by atoms with E-state index in [-0.39, 0.29) is 0 Å². The fourth-order valence-electron chi connectivity index (χ4n) is 0.491. The molecule has 0 aromatic rings. The van der Waals surface area contributed by atoms with Crippen LogP contribution >= 0.6 is 23.4 Å². The Labute approximate surface area is 73.7 Å². The van der Waals surface area contributed by atoms with Gasteiger partial charge in [-0.2, -0.15) is 11.8 Å². The third-order valence-corrected chi connectivity index (χ3v) is 3.69. The van der Waals surface area contributed by atoms with Crippen molar-refractivity contribution in [2.75, 3.05) is 11.6 Å². The predicted octanol–water partition coefficient (Wildman–Crippen LogP) is 3.39. The van der Waals surface area contributed by atoms with Gasteiger partial charge < -0.3 is 0 Å². The van der Waals surface area contributed by atoms with Crippen LogP contribution in [0, 0.1) is 5.92 Å². The summed E-state index contributed by atoms with van der Waals surface area (Å²) < 4.78 is 0. The Morgan fingerprint density at radius 2 is 2.00 bits per heavy atom. The minimum atomic E-state index is 0.667. The van der Waals surface area contributed by atoms with Crippen LogP contribution in [0.25, 0.3) is 0 Å². The Kier molecular flexibility index (Phi) is 6.76. The number of rotatable bonds is 5. The lowest BCUT2D eigenvalue weighted by molar-refractivity contribution is 0.754. The Morgan fingerprint density at radius 3 is 2.40 bits per heavy atom. The van der Waals surface area contributed by atoms with E-state index in [2.05, 4.69) is 20.8 Å². The molecule has 0 bridgehead atoms. The van der Waals surface area contributed by atoms with Crippen molar-refractivity contribution >= 4 is 23.4 Å². The zero-order chi connectivity index (χ0) is 7.98. The molecule has 0 spiro atoms. The SMILES string of the molecule is CCC(C)SCC(C)CCl. The van der Waals surface area contributed by atoms with Gasteiger partial charge in [0.1, 0.15) is 0 Å². The largest absolute Gasteiger partial charge is 0.159 e. The van der Waals surface area contributed by atoms with E-state index in [0.29, 0.717) is 5.92 Å². The average Bonchev–Trinajstić information content (AvgIpc) is 1.99. The van der Waals surface area contributed by atoms with Crippen LogP contribution in [-0.2, 0) is 0 Å². The summed E-state index contributed by atoms with van der Waals surface area (Å²) in [5, 5.41) is 0.797. The van der Waals surface area contributed by atoms with Gasteiger partial charge in [-0.05, 0) is 18.1 Å². The van der Waals surface area contributed by atoms with E-state index in [1.165, 1.54) is 12.2 Å². The smallest absolute Gasteiger partial charge is 0.0257 e. The maximum atomic E-state index is 5.67. The van der Waals surface area contributed by atoms with Crippen molar-refractivity contribution in [2.45, 2.75) is 32.4 Å². The van der Waals surface area contributed by atoms with Crippen molar-refractivity contribution < 1.29 is 0 Å². The minimum Gasteiger partial charge on any atom is -0.159 e. The van der Waals surface area contributed by atoms with E-state index >= 15 is 0 Å². The number of hydrogen-bond donors (Lipinski definition) is 0. The van der Waals surface area contributed by atoms with Crippen molar-refractivity contribution in [3.63, 3.8) is 0 Å². The van der Waals surface area contributed by atoms with Gasteiger partial charge in [0.15, 0.2) is 0 Å². The van der Waals surface area contributed by atoms with Crippen molar-refractivity contribution in [3.05, 3.63) is 0 Å². The van der Waals surface area contributed by atoms with Crippen LogP contribution in [0.1, 0.15) is 27.2 Å². The van der Waals surface area contributed by atoms with Gasteiger partial charge in [0.05, 0.1) is 0 Å². The summed E-state index contributed by atoms with van der Waals surface area (Å²) in [6.45, 7) is 6.69. The summed E-state index contributed by atoms with van der Waals surface area (Å²) >= 11 is 7.69. The third kappa shape index (κ3) is 5.43. The molecule has 0 radical (unpaired) electrons. The predicted molar refractivity (Wildman–Crippen MR) is 52.1 cm³/mol. The zero-order valence-electron chi connectivity index (χ0n) is 7.06. The third-order valence-electron chi connectivity index (χ3n) is 1.50. The van der Waals surface area contributed by atoms with Crippen molar-refractivity contribution in [1.82, 2.24) is 0 Å². The first kappa shape index (κ1) is 10.6. The standard InChI is InChI=1S/C8H17ClS/c1-4-8(3)10-6-7(2)5-9/h7-8H,4-6H2,1-3H3. The zero-order valence-corrected chi connectivity index (χ0v) is 8.63. The summed E-state index contributed by atoms with van der Waals surface area (Å²) in [5.41, 5.74) is 0. The molecule has 2 heteroatoms. The fraction of sp³-hybridized carbons (Fsp3) is 1.00. The van der Waals surface area contributed by atoms with Gasteiger partial charge in [-0.3, -0.25) is 0 Å². The second kappa shape index (κ2) is 6.36. The Balaban J connectivity index is 3.17. The normalized spacial score (nSPS) is 16.8.